The molecule has 2 amide bonds. The molecule has 7 heteroatoms. The van der Waals surface area contributed by atoms with Crippen molar-refractivity contribution in [2.24, 2.45) is 0 Å². The van der Waals surface area contributed by atoms with Crippen LogP contribution in [0, 0.1) is 19.7 Å². The topological polar surface area (TPSA) is 51.5 Å². The highest BCUT2D eigenvalue weighted by atomic mass is 32.2. The molecule has 0 atom stereocenters. The first-order valence-electron chi connectivity index (χ1n) is 10.3. The van der Waals surface area contributed by atoms with E-state index in [-0.39, 0.29) is 23.5 Å². The van der Waals surface area contributed by atoms with Crippen molar-refractivity contribution in [3.05, 3.63) is 93.9 Å². The van der Waals surface area contributed by atoms with Crippen molar-refractivity contribution in [2.75, 3.05) is 6.61 Å². The molecule has 1 saturated heterocycles. The second-order valence-corrected chi connectivity index (χ2v) is 8.53. The van der Waals surface area contributed by atoms with Gasteiger partial charge in [-0.3, -0.25) is 14.5 Å². The Morgan fingerprint density at radius 3 is 2.47 bits per heavy atom. The fraction of sp³-hybridized carbons (Fsp3) is 0.200. The van der Waals surface area contributed by atoms with Crippen molar-refractivity contribution in [1.82, 2.24) is 9.47 Å². The Morgan fingerprint density at radius 1 is 1.03 bits per heavy atom. The Morgan fingerprint density at radius 2 is 1.75 bits per heavy atom. The van der Waals surface area contributed by atoms with Crippen LogP contribution in [0.1, 0.15) is 22.5 Å². The number of aromatic nitrogens is 1. The normalized spacial score (nSPS) is 15.1. The second kappa shape index (κ2) is 9.44. The summed E-state index contributed by atoms with van der Waals surface area (Å²) in [5.74, 6) is 0.138. The number of rotatable bonds is 7. The molecular formula is C25H23FN2O3S. The van der Waals surface area contributed by atoms with E-state index in [0.29, 0.717) is 23.6 Å². The number of nitrogens with zero attached hydrogens (tertiary/aromatic N) is 2. The van der Waals surface area contributed by atoms with Crippen LogP contribution in [0.5, 0.6) is 5.75 Å². The maximum absolute atomic E-state index is 13.1. The first-order valence-corrected chi connectivity index (χ1v) is 11.1. The highest BCUT2D eigenvalue weighted by Gasteiger charge is 2.35. The zero-order valence-electron chi connectivity index (χ0n) is 17.9. The van der Waals surface area contributed by atoms with Gasteiger partial charge in [0.25, 0.3) is 11.1 Å². The summed E-state index contributed by atoms with van der Waals surface area (Å²) in [7, 11) is 0. The smallest absolute Gasteiger partial charge is 0.293 e. The molecule has 2 heterocycles. The number of benzene rings is 2. The van der Waals surface area contributed by atoms with E-state index in [1.807, 2.05) is 50.2 Å². The fourth-order valence-electron chi connectivity index (χ4n) is 3.64. The standard InChI is InChI=1S/C25H23FN2O3S/c1-17-14-20(18(2)27(17)12-13-31-22-6-4-3-5-7-22)15-23-24(29)28(25(30)32-23)16-19-8-10-21(26)11-9-19/h3-11,14-15H,12-13,16H2,1-2H3/b23-15-. The molecule has 0 bridgehead atoms. The van der Waals surface area contributed by atoms with Gasteiger partial charge in [0.2, 0.25) is 0 Å². The van der Waals surface area contributed by atoms with Crippen molar-refractivity contribution >= 4 is 29.0 Å². The van der Waals surface area contributed by atoms with Crippen LogP contribution in [0.15, 0.2) is 65.6 Å². The number of carbonyl (C=O) groups is 2. The molecule has 1 aliphatic heterocycles. The predicted molar refractivity (Wildman–Crippen MR) is 124 cm³/mol. The summed E-state index contributed by atoms with van der Waals surface area (Å²) in [6.07, 6.45) is 1.77. The Labute approximate surface area is 190 Å². The zero-order valence-corrected chi connectivity index (χ0v) is 18.7. The van der Waals surface area contributed by atoms with Crippen LogP contribution in [-0.4, -0.2) is 27.2 Å². The number of hydrogen-bond acceptors (Lipinski definition) is 4. The molecule has 0 saturated carbocycles. The third-order valence-corrected chi connectivity index (χ3v) is 6.26. The first kappa shape index (κ1) is 21.9. The summed E-state index contributed by atoms with van der Waals surface area (Å²) in [5, 5.41) is -0.323. The maximum atomic E-state index is 13.1. The number of amides is 2. The van der Waals surface area contributed by atoms with E-state index in [1.165, 1.54) is 17.0 Å². The lowest BCUT2D eigenvalue weighted by Gasteiger charge is -2.12. The molecule has 0 spiro atoms. The Kier molecular flexibility index (Phi) is 6.46. The summed E-state index contributed by atoms with van der Waals surface area (Å²) in [6, 6.07) is 17.5. The number of aryl methyl sites for hydroxylation is 1. The molecule has 2 aromatic carbocycles. The van der Waals surface area contributed by atoms with Gasteiger partial charge in [0.05, 0.1) is 18.0 Å². The van der Waals surface area contributed by atoms with Crippen molar-refractivity contribution in [3.63, 3.8) is 0 Å². The molecule has 5 nitrogen and oxygen atoms in total. The minimum absolute atomic E-state index is 0.123. The summed E-state index contributed by atoms with van der Waals surface area (Å²) in [6.45, 7) is 5.32. The molecule has 164 valence electrons. The number of ether oxygens (including phenoxy) is 1. The summed E-state index contributed by atoms with van der Waals surface area (Å²) in [4.78, 5) is 26.8. The van der Waals surface area contributed by atoms with Gasteiger partial charge in [-0.15, -0.1) is 0 Å². The molecule has 0 N–H and O–H groups in total. The van der Waals surface area contributed by atoms with E-state index in [4.69, 9.17) is 4.74 Å². The van der Waals surface area contributed by atoms with Crippen LogP contribution in [0.25, 0.3) is 6.08 Å². The van der Waals surface area contributed by atoms with Gasteiger partial charge in [-0.25, -0.2) is 4.39 Å². The van der Waals surface area contributed by atoms with E-state index < -0.39 is 0 Å². The molecule has 0 radical (unpaired) electrons. The molecule has 1 fully saturated rings. The maximum Gasteiger partial charge on any atom is 0.293 e. The minimum Gasteiger partial charge on any atom is -0.492 e. The van der Waals surface area contributed by atoms with Crippen LogP contribution in [-0.2, 0) is 17.9 Å². The third kappa shape index (κ3) is 4.78. The van der Waals surface area contributed by atoms with E-state index in [9.17, 15) is 14.0 Å². The van der Waals surface area contributed by atoms with Gasteiger partial charge in [0.1, 0.15) is 18.2 Å². The molecule has 3 aromatic rings. The summed E-state index contributed by atoms with van der Waals surface area (Å²) >= 11 is 0.928. The highest BCUT2D eigenvalue weighted by molar-refractivity contribution is 8.18. The lowest BCUT2D eigenvalue weighted by molar-refractivity contribution is -0.123. The monoisotopic (exact) mass is 450 g/mol. The number of halogens is 1. The lowest BCUT2D eigenvalue weighted by Crippen LogP contribution is -2.27. The Bertz CT molecular complexity index is 1170. The SMILES string of the molecule is Cc1cc(/C=C2\SC(=O)N(Cc3ccc(F)cc3)C2=O)c(C)n1CCOc1ccccc1. The van der Waals surface area contributed by atoms with E-state index in [2.05, 4.69) is 4.57 Å². The lowest BCUT2D eigenvalue weighted by atomic mass is 10.2. The average Bonchev–Trinajstić information content (AvgIpc) is 3.20. The Hall–Kier alpha value is -3.32. The number of hydrogen-bond donors (Lipinski definition) is 0. The molecule has 0 aliphatic carbocycles. The molecule has 0 unspecified atom stereocenters. The number of carbonyl (C=O) groups excluding carboxylic acids is 2. The van der Waals surface area contributed by atoms with E-state index in [1.54, 1.807) is 18.2 Å². The van der Waals surface area contributed by atoms with Crippen molar-refractivity contribution < 1.29 is 18.7 Å². The van der Waals surface area contributed by atoms with Crippen LogP contribution >= 0.6 is 11.8 Å². The van der Waals surface area contributed by atoms with Crippen LogP contribution < -0.4 is 4.74 Å². The number of para-hydroxylation sites is 1. The van der Waals surface area contributed by atoms with Gasteiger partial charge in [0, 0.05) is 11.4 Å². The Balaban J connectivity index is 1.46. The van der Waals surface area contributed by atoms with Gasteiger partial charge in [-0.05, 0) is 73.1 Å². The van der Waals surface area contributed by atoms with Crippen LogP contribution in [0.2, 0.25) is 0 Å². The van der Waals surface area contributed by atoms with Gasteiger partial charge in [-0.2, -0.15) is 0 Å². The summed E-state index contributed by atoms with van der Waals surface area (Å²) in [5.41, 5.74) is 3.65. The van der Waals surface area contributed by atoms with Gasteiger partial charge in [0.15, 0.2) is 0 Å². The zero-order chi connectivity index (χ0) is 22.7. The molecule has 4 rings (SSSR count). The highest BCUT2D eigenvalue weighted by Crippen LogP contribution is 2.34. The quantitative estimate of drug-likeness (QED) is 0.442. The van der Waals surface area contributed by atoms with Gasteiger partial charge >= 0.3 is 0 Å². The van der Waals surface area contributed by atoms with E-state index in [0.717, 1.165) is 34.5 Å². The molecule has 1 aromatic heterocycles. The average molecular weight is 451 g/mol. The van der Waals surface area contributed by atoms with E-state index >= 15 is 0 Å². The third-order valence-electron chi connectivity index (χ3n) is 5.35. The van der Waals surface area contributed by atoms with Crippen LogP contribution in [0.3, 0.4) is 0 Å². The number of imide groups is 1. The number of thioether (sulfide) groups is 1. The predicted octanol–water partition coefficient (Wildman–Crippen LogP) is 5.56. The minimum atomic E-state index is -0.354. The molecular weight excluding hydrogens is 427 g/mol. The largest absolute Gasteiger partial charge is 0.492 e. The van der Waals surface area contributed by atoms with Crippen molar-refractivity contribution in [2.45, 2.75) is 26.9 Å². The molecule has 32 heavy (non-hydrogen) atoms. The van der Waals surface area contributed by atoms with Crippen molar-refractivity contribution in [1.29, 1.82) is 0 Å². The first-order chi connectivity index (χ1) is 15.4. The molecule has 1 aliphatic rings. The van der Waals surface area contributed by atoms with Gasteiger partial charge < -0.3 is 9.30 Å². The summed E-state index contributed by atoms with van der Waals surface area (Å²) < 4.78 is 21.1. The van der Waals surface area contributed by atoms with Gasteiger partial charge in [-0.1, -0.05) is 30.3 Å². The van der Waals surface area contributed by atoms with Crippen molar-refractivity contribution in [3.8, 4) is 5.75 Å². The second-order valence-electron chi connectivity index (χ2n) is 7.53. The van der Waals surface area contributed by atoms with Crippen LogP contribution in [0.4, 0.5) is 9.18 Å². The fourth-order valence-corrected chi connectivity index (χ4v) is 4.47.